The number of hydrogen-bond donors (Lipinski definition) is 2. The molecule has 0 saturated heterocycles. The number of hydrogen-bond acceptors (Lipinski definition) is 5. The second-order valence-corrected chi connectivity index (χ2v) is 7.59. The predicted molar refractivity (Wildman–Crippen MR) is 82.8 cm³/mol. The molecule has 0 aliphatic heterocycles. The van der Waals surface area contributed by atoms with Crippen molar-refractivity contribution in [3.63, 3.8) is 0 Å². The summed E-state index contributed by atoms with van der Waals surface area (Å²) in [7, 11) is -2.38. The Labute approximate surface area is 133 Å². The molecule has 0 aliphatic rings. The molecule has 1 aromatic heterocycles. The van der Waals surface area contributed by atoms with E-state index in [4.69, 9.17) is 9.84 Å². The Bertz CT molecular complexity index is 785. The summed E-state index contributed by atoms with van der Waals surface area (Å²) < 4.78 is 32.4. The third kappa shape index (κ3) is 3.55. The molecular formula is C12H10BrNO5S2. The number of halogens is 1. The first-order chi connectivity index (χ1) is 9.83. The summed E-state index contributed by atoms with van der Waals surface area (Å²) in [6.07, 6.45) is 0. The van der Waals surface area contributed by atoms with E-state index in [1.165, 1.54) is 18.6 Å². The maximum atomic E-state index is 12.2. The minimum Gasteiger partial charge on any atom is -0.497 e. The van der Waals surface area contributed by atoms with Gasteiger partial charge in [-0.1, -0.05) is 0 Å². The van der Waals surface area contributed by atoms with Crippen molar-refractivity contribution in [1.82, 2.24) is 0 Å². The highest BCUT2D eigenvalue weighted by Gasteiger charge is 2.20. The van der Waals surface area contributed by atoms with Gasteiger partial charge in [0.05, 0.1) is 18.4 Å². The van der Waals surface area contributed by atoms with Crippen molar-refractivity contribution in [2.24, 2.45) is 0 Å². The van der Waals surface area contributed by atoms with Gasteiger partial charge in [-0.15, -0.1) is 11.3 Å². The Hall–Kier alpha value is -1.58. The Kier molecular flexibility index (Phi) is 4.55. The van der Waals surface area contributed by atoms with E-state index in [1.54, 1.807) is 12.1 Å². The second kappa shape index (κ2) is 6.04. The molecule has 0 atom stereocenters. The molecule has 21 heavy (non-hydrogen) atoms. The van der Waals surface area contributed by atoms with E-state index in [-0.39, 0.29) is 9.77 Å². The molecule has 0 fully saturated rings. The van der Waals surface area contributed by atoms with Crippen molar-refractivity contribution in [1.29, 1.82) is 0 Å². The molecule has 0 radical (unpaired) electrons. The van der Waals surface area contributed by atoms with Crippen LogP contribution in [0, 0.1) is 0 Å². The van der Waals surface area contributed by atoms with Crippen molar-refractivity contribution >= 4 is 48.9 Å². The van der Waals surface area contributed by atoms with Crippen molar-refractivity contribution < 1.29 is 23.1 Å². The number of carboxylic acid groups (broad SMARTS) is 1. The summed E-state index contributed by atoms with van der Waals surface area (Å²) in [5.41, 5.74) is 0.240. The summed E-state index contributed by atoms with van der Waals surface area (Å²) >= 11 is 4.08. The van der Waals surface area contributed by atoms with Gasteiger partial charge in [-0.2, -0.15) is 0 Å². The normalized spacial score (nSPS) is 11.1. The van der Waals surface area contributed by atoms with Gasteiger partial charge in [-0.3, -0.25) is 4.72 Å². The van der Waals surface area contributed by atoms with Crippen LogP contribution in [0.4, 0.5) is 5.69 Å². The molecule has 1 heterocycles. The average Bonchev–Trinajstić information content (AvgIpc) is 2.92. The van der Waals surface area contributed by atoms with Crippen LogP contribution in [0.15, 0.2) is 38.3 Å². The third-order valence-electron chi connectivity index (χ3n) is 2.51. The van der Waals surface area contributed by atoms with Crippen LogP contribution in [0.5, 0.6) is 5.75 Å². The van der Waals surface area contributed by atoms with Crippen molar-refractivity contribution in [2.75, 3.05) is 11.8 Å². The molecule has 2 rings (SSSR count). The van der Waals surface area contributed by atoms with Crippen LogP contribution in [0.3, 0.4) is 0 Å². The smallest absolute Gasteiger partial charge is 0.336 e. The predicted octanol–water partition coefficient (Wildman–Crippen LogP) is 3.02. The SMILES string of the molecule is COc1ccc(Br)c(NS(=O)(=O)c2cc(C(=O)O)cs2)c1. The monoisotopic (exact) mass is 391 g/mol. The molecule has 2 aromatic rings. The summed E-state index contributed by atoms with van der Waals surface area (Å²) in [4.78, 5) is 10.8. The average molecular weight is 392 g/mol. The zero-order valence-corrected chi connectivity index (χ0v) is 13.9. The highest BCUT2D eigenvalue weighted by atomic mass is 79.9. The largest absolute Gasteiger partial charge is 0.497 e. The lowest BCUT2D eigenvalue weighted by Gasteiger charge is -2.09. The Morgan fingerprint density at radius 2 is 2.10 bits per heavy atom. The number of ether oxygens (including phenoxy) is 1. The van der Waals surface area contributed by atoms with Crippen LogP contribution < -0.4 is 9.46 Å². The van der Waals surface area contributed by atoms with Crippen LogP contribution in [-0.4, -0.2) is 26.6 Å². The van der Waals surface area contributed by atoms with Gasteiger partial charge in [0, 0.05) is 15.9 Å². The van der Waals surface area contributed by atoms with Crippen LogP contribution in [-0.2, 0) is 10.0 Å². The first kappa shape index (κ1) is 15.8. The molecule has 0 spiro atoms. The van der Waals surface area contributed by atoms with E-state index >= 15 is 0 Å². The van der Waals surface area contributed by atoms with E-state index < -0.39 is 16.0 Å². The summed E-state index contributed by atoms with van der Waals surface area (Å²) in [5.74, 6) is -0.677. The highest BCUT2D eigenvalue weighted by molar-refractivity contribution is 9.10. The zero-order valence-electron chi connectivity index (χ0n) is 10.7. The van der Waals surface area contributed by atoms with Crippen LogP contribution >= 0.6 is 27.3 Å². The maximum Gasteiger partial charge on any atom is 0.336 e. The Morgan fingerprint density at radius 3 is 2.67 bits per heavy atom. The number of carboxylic acids is 1. The lowest BCUT2D eigenvalue weighted by molar-refractivity contribution is 0.0697. The maximum absolute atomic E-state index is 12.2. The van der Waals surface area contributed by atoms with E-state index in [2.05, 4.69) is 20.7 Å². The van der Waals surface area contributed by atoms with Crippen LogP contribution in [0.25, 0.3) is 0 Å². The molecule has 112 valence electrons. The molecule has 0 amide bonds. The second-order valence-electron chi connectivity index (χ2n) is 3.91. The fourth-order valence-electron chi connectivity index (χ4n) is 1.47. The lowest BCUT2D eigenvalue weighted by Crippen LogP contribution is -2.12. The molecule has 9 heteroatoms. The molecule has 0 saturated carbocycles. The number of aromatic carboxylic acids is 1. The van der Waals surface area contributed by atoms with Crippen molar-refractivity contribution in [3.8, 4) is 5.75 Å². The number of rotatable bonds is 5. The van der Waals surface area contributed by atoms with Gasteiger partial charge >= 0.3 is 5.97 Å². The van der Waals surface area contributed by atoms with Crippen molar-refractivity contribution in [3.05, 3.63) is 39.7 Å². The number of sulfonamides is 1. The van der Waals surface area contributed by atoms with Gasteiger partial charge in [0.25, 0.3) is 10.0 Å². The minimum absolute atomic E-state index is 0.0647. The van der Waals surface area contributed by atoms with E-state index in [0.29, 0.717) is 15.9 Å². The fraction of sp³-hybridized carbons (Fsp3) is 0.0833. The third-order valence-corrected chi connectivity index (χ3v) is 6.00. The summed E-state index contributed by atoms with van der Waals surface area (Å²) in [6, 6.07) is 5.96. The van der Waals surface area contributed by atoms with E-state index in [1.807, 2.05) is 0 Å². The van der Waals surface area contributed by atoms with Crippen LogP contribution in [0.2, 0.25) is 0 Å². The summed E-state index contributed by atoms with van der Waals surface area (Å²) in [6.45, 7) is 0. The lowest BCUT2D eigenvalue weighted by atomic mass is 10.3. The number of benzene rings is 1. The van der Waals surface area contributed by atoms with Gasteiger partial charge in [-0.05, 0) is 34.1 Å². The van der Waals surface area contributed by atoms with Gasteiger partial charge < -0.3 is 9.84 Å². The number of methoxy groups -OCH3 is 1. The quantitative estimate of drug-likeness (QED) is 0.816. The topological polar surface area (TPSA) is 92.7 Å². The first-order valence-corrected chi connectivity index (χ1v) is 8.67. The molecule has 6 nitrogen and oxygen atoms in total. The molecule has 0 aliphatic carbocycles. The standard InChI is InChI=1S/C12H10BrNO5S2/c1-19-8-2-3-9(13)10(5-8)14-21(17,18)11-4-7(6-20-11)12(15)16/h2-6,14H,1H3,(H,15,16). The van der Waals surface area contributed by atoms with Gasteiger partial charge in [-0.25, -0.2) is 13.2 Å². The van der Waals surface area contributed by atoms with Crippen LogP contribution in [0.1, 0.15) is 10.4 Å². The van der Waals surface area contributed by atoms with Gasteiger partial charge in [0.1, 0.15) is 9.96 Å². The first-order valence-electron chi connectivity index (χ1n) is 5.51. The number of anilines is 1. The van der Waals surface area contributed by atoms with E-state index in [9.17, 15) is 13.2 Å². The van der Waals surface area contributed by atoms with Gasteiger partial charge in [0.2, 0.25) is 0 Å². The molecule has 2 N–H and O–H groups in total. The Morgan fingerprint density at radius 1 is 1.38 bits per heavy atom. The Balaban J connectivity index is 2.34. The molecule has 0 bridgehead atoms. The van der Waals surface area contributed by atoms with Crippen molar-refractivity contribution in [2.45, 2.75) is 4.21 Å². The summed E-state index contributed by atoms with van der Waals surface area (Å²) in [5, 5.41) is 10.1. The molecular weight excluding hydrogens is 382 g/mol. The molecule has 1 aromatic carbocycles. The fourth-order valence-corrected chi connectivity index (χ4v) is 4.18. The highest BCUT2D eigenvalue weighted by Crippen LogP contribution is 2.30. The molecule has 0 unspecified atom stereocenters. The number of thiophene rings is 1. The minimum atomic E-state index is -3.85. The van der Waals surface area contributed by atoms with Gasteiger partial charge in [0.15, 0.2) is 0 Å². The number of carbonyl (C=O) groups is 1. The van der Waals surface area contributed by atoms with E-state index in [0.717, 1.165) is 17.4 Å². The number of nitrogens with one attached hydrogen (secondary N) is 1. The zero-order chi connectivity index (χ0) is 15.6.